The molecule has 4 rings (SSSR count). The first-order valence-corrected chi connectivity index (χ1v) is 7.20. The Morgan fingerprint density at radius 1 is 1.22 bits per heavy atom. The van der Waals surface area contributed by atoms with Crippen molar-refractivity contribution in [2.75, 3.05) is 7.11 Å². The van der Waals surface area contributed by atoms with Crippen LogP contribution in [0.5, 0.6) is 5.75 Å². The van der Waals surface area contributed by atoms with Crippen molar-refractivity contribution < 1.29 is 4.74 Å². The molecule has 0 bridgehead atoms. The van der Waals surface area contributed by atoms with E-state index in [1.165, 1.54) is 0 Å². The molecule has 0 aliphatic heterocycles. The number of aromatic amines is 1. The second kappa shape index (κ2) is 4.95. The van der Waals surface area contributed by atoms with Crippen molar-refractivity contribution in [1.29, 1.82) is 0 Å². The third-order valence-corrected chi connectivity index (χ3v) is 3.88. The average molecular weight is 306 g/mol. The normalized spacial score (nSPS) is 11.2. The predicted molar refractivity (Wildman–Crippen MR) is 88.3 cm³/mol. The minimum Gasteiger partial charge on any atom is -0.497 e. The van der Waals surface area contributed by atoms with Gasteiger partial charge in [-0.15, -0.1) is 0 Å². The van der Waals surface area contributed by atoms with Gasteiger partial charge in [0.2, 0.25) is 5.43 Å². The molecule has 0 spiro atoms. The van der Waals surface area contributed by atoms with Gasteiger partial charge in [-0.1, -0.05) is 6.07 Å². The standard InChI is InChI=1S/C17H14N4O2/c1-10-15-16(22)12-9-11(23-2)6-7-13(12)19-17(15)21(20-10)14-5-3-4-8-18-14/h3-9H,1-2H3,(H,19,22). The molecule has 6 nitrogen and oxygen atoms in total. The number of fused-ring (bicyclic) bond motifs is 2. The summed E-state index contributed by atoms with van der Waals surface area (Å²) in [4.78, 5) is 20.5. The molecule has 0 unspecified atom stereocenters. The number of pyridine rings is 2. The lowest BCUT2D eigenvalue weighted by Gasteiger charge is -2.05. The molecule has 0 radical (unpaired) electrons. The fourth-order valence-corrected chi connectivity index (χ4v) is 2.77. The van der Waals surface area contributed by atoms with Crippen LogP contribution in [0.1, 0.15) is 5.69 Å². The topological polar surface area (TPSA) is 72.8 Å². The number of rotatable bonds is 2. The molecule has 0 saturated heterocycles. The maximum atomic E-state index is 12.9. The highest BCUT2D eigenvalue weighted by Crippen LogP contribution is 2.22. The number of nitrogens with zero attached hydrogens (tertiary/aromatic N) is 3. The van der Waals surface area contributed by atoms with Crippen LogP contribution in [0.25, 0.3) is 27.8 Å². The zero-order valence-corrected chi connectivity index (χ0v) is 12.7. The molecular weight excluding hydrogens is 292 g/mol. The van der Waals surface area contributed by atoms with Gasteiger partial charge in [0.15, 0.2) is 5.82 Å². The zero-order valence-electron chi connectivity index (χ0n) is 12.7. The molecule has 1 aromatic carbocycles. The molecule has 4 aromatic rings. The number of nitrogens with one attached hydrogen (secondary N) is 1. The number of aromatic nitrogens is 4. The highest BCUT2D eigenvalue weighted by Gasteiger charge is 2.16. The van der Waals surface area contributed by atoms with Gasteiger partial charge in [0.05, 0.1) is 23.7 Å². The van der Waals surface area contributed by atoms with Gasteiger partial charge in [-0.2, -0.15) is 9.78 Å². The van der Waals surface area contributed by atoms with Gasteiger partial charge in [-0.25, -0.2) is 4.98 Å². The first kappa shape index (κ1) is 13.5. The molecular formula is C17H14N4O2. The molecule has 0 aliphatic rings. The van der Waals surface area contributed by atoms with Gasteiger partial charge < -0.3 is 9.72 Å². The maximum Gasteiger partial charge on any atom is 0.200 e. The maximum absolute atomic E-state index is 12.9. The Morgan fingerprint density at radius 2 is 2.09 bits per heavy atom. The lowest BCUT2D eigenvalue weighted by atomic mass is 10.1. The van der Waals surface area contributed by atoms with Crippen LogP contribution in [-0.4, -0.2) is 26.9 Å². The number of hydrogen-bond acceptors (Lipinski definition) is 4. The Labute approximate surface area is 131 Å². The van der Waals surface area contributed by atoms with Crippen molar-refractivity contribution in [1.82, 2.24) is 19.7 Å². The molecule has 0 atom stereocenters. The highest BCUT2D eigenvalue weighted by atomic mass is 16.5. The number of aryl methyl sites for hydroxylation is 1. The lowest BCUT2D eigenvalue weighted by molar-refractivity contribution is 0.415. The van der Waals surface area contributed by atoms with Crippen LogP contribution in [-0.2, 0) is 0 Å². The van der Waals surface area contributed by atoms with Crippen LogP contribution in [0.3, 0.4) is 0 Å². The number of H-pyrrole nitrogens is 1. The Hall–Kier alpha value is -3.15. The van der Waals surface area contributed by atoms with Crippen LogP contribution in [0.4, 0.5) is 0 Å². The van der Waals surface area contributed by atoms with E-state index in [4.69, 9.17) is 4.74 Å². The number of ether oxygens (including phenoxy) is 1. The fraction of sp³-hybridized carbons (Fsp3) is 0.118. The van der Waals surface area contributed by atoms with Crippen LogP contribution < -0.4 is 10.2 Å². The Balaban J connectivity index is 2.12. The Morgan fingerprint density at radius 3 is 2.83 bits per heavy atom. The van der Waals surface area contributed by atoms with Crippen molar-refractivity contribution in [3.8, 4) is 11.6 Å². The predicted octanol–water partition coefficient (Wildman–Crippen LogP) is 2.58. The summed E-state index contributed by atoms with van der Waals surface area (Å²) in [6.07, 6.45) is 1.70. The quantitative estimate of drug-likeness (QED) is 0.618. The Bertz CT molecular complexity index is 1080. The van der Waals surface area contributed by atoms with Crippen LogP contribution >= 0.6 is 0 Å². The molecule has 0 saturated carbocycles. The van der Waals surface area contributed by atoms with E-state index in [1.807, 2.05) is 37.3 Å². The van der Waals surface area contributed by atoms with Gasteiger partial charge in [0.25, 0.3) is 0 Å². The van der Waals surface area contributed by atoms with Crippen LogP contribution in [0.2, 0.25) is 0 Å². The van der Waals surface area contributed by atoms with Crippen LogP contribution in [0, 0.1) is 6.92 Å². The second-order valence-electron chi connectivity index (χ2n) is 5.27. The minimum absolute atomic E-state index is 0.0627. The molecule has 3 heterocycles. The molecule has 114 valence electrons. The van der Waals surface area contributed by atoms with E-state index in [2.05, 4.69) is 15.1 Å². The van der Waals surface area contributed by atoms with Crippen molar-refractivity contribution in [3.05, 3.63) is 58.5 Å². The van der Waals surface area contributed by atoms with E-state index in [9.17, 15) is 4.79 Å². The summed E-state index contributed by atoms with van der Waals surface area (Å²) < 4.78 is 6.87. The molecule has 0 aliphatic carbocycles. The smallest absolute Gasteiger partial charge is 0.200 e. The first-order valence-electron chi connectivity index (χ1n) is 7.20. The Kier molecular flexibility index (Phi) is 2.90. The first-order chi connectivity index (χ1) is 11.2. The number of methoxy groups -OCH3 is 1. The molecule has 23 heavy (non-hydrogen) atoms. The van der Waals surface area contributed by atoms with Gasteiger partial charge in [0.1, 0.15) is 11.4 Å². The van der Waals surface area contributed by atoms with Gasteiger partial charge in [0, 0.05) is 11.6 Å². The molecule has 3 aromatic heterocycles. The van der Waals surface area contributed by atoms with E-state index < -0.39 is 0 Å². The molecule has 1 N–H and O–H groups in total. The van der Waals surface area contributed by atoms with Crippen molar-refractivity contribution in [2.24, 2.45) is 0 Å². The third-order valence-electron chi connectivity index (χ3n) is 3.88. The summed E-state index contributed by atoms with van der Waals surface area (Å²) in [5.74, 6) is 1.31. The highest BCUT2D eigenvalue weighted by molar-refractivity contribution is 5.93. The zero-order chi connectivity index (χ0) is 16.0. The largest absolute Gasteiger partial charge is 0.497 e. The van der Waals surface area contributed by atoms with E-state index in [0.717, 1.165) is 5.52 Å². The van der Waals surface area contributed by atoms with Gasteiger partial charge >= 0.3 is 0 Å². The monoisotopic (exact) mass is 306 g/mol. The summed E-state index contributed by atoms with van der Waals surface area (Å²) in [5.41, 5.74) is 1.98. The molecule has 0 amide bonds. The average Bonchev–Trinajstić information content (AvgIpc) is 2.92. The SMILES string of the molecule is COc1ccc2[nH]c3c(c(C)nn3-c3ccccn3)c(=O)c2c1. The van der Waals surface area contributed by atoms with Crippen molar-refractivity contribution >= 4 is 21.9 Å². The van der Waals surface area contributed by atoms with Crippen molar-refractivity contribution in [2.45, 2.75) is 6.92 Å². The minimum atomic E-state index is -0.0627. The molecule has 6 heteroatoms. The summed E-state index contributed by atoms with van der Waals surface area (Å²) in [6, 6.07) is 11.0. The summed E-state index contributed by atoms with van der Waals surface area (Å²) in [5, 5.41) is 5.63. The summed E-state index contributed by atoms with van der Waals surface area (Å²) >= 11 is 0. The van der Waals surface area contributed by atoms with Crippen LogP contribution in [0.15, 0.2) is 47.4 Å². The fourth-order valence-electron chi connectivity index (χ4n) is 2.77. The van der Waals surface area contributed by atoms with Gasteiger partial charge in [-0.05, 0) is 37.3 Å². The van der Waals surface area contributed by atoms with E-state index in [0.29, 0.717) is 33.7 Å². The summed E-state index contributed by atoms with van der Waals surface area (Å²) in [7, 11) is 1.58. The number of benzene rings is 1. The summed E-state index contributed by atoms with van der Waals surface area (Å²) in [6.45, 7) is 1.82. The van der Waals surface area contributed by atoms with E-state index in [-0.39, 0.29) is 5.43 Å². The van der Waals surface area contributed by atoms with E-state index >= 15 is 0 Å². The second-order valence-corrected chi connectivity index (χ2v) is 5.27. The van der Waals surface area contributed by atoms with Gasteiger partial charge in [-0.3, -0.25) is 4.79 Å². The number of hydrogen-bond donors (Lipinski definition) is 1. The van der Waals surface area contributed by atoms with E-state index in [1.54, 1.807) is 24.1 Å². The van der Waals surface area contributed by atoms with Crippen molar-refractivity contribution in [3.63, 3.8) is 0 Å². The molecule has 0 fully saturated rings. The lowest BCUT2D eigenvalue weighted by Crippen LogP contribution is -2.06. The third kappa shape index (κ3) is 1.99.